The minimum Gasteiger partial charge on any atom is -0.489 e. The molecule has 0 aromatic heterocycles. The van der Waals surface area contributed by atoms with Crippen LogP contribution >= 0.6 is 46.6 Å². The van der Waals surface area contributed by atoms with Crippen molar-refractivity contribution >= 4 is 69.4 Å². The van der Waals surface area contributed by atoms with Crippen LogP contribution in [0.25, 0.3) is 6.08 Å². The van der Waals surface area contributed by atoms with E-state index in [1.165, 1.54) is 11.8 Å². The zero-order valence-electron chi connectivity index (χ0n) is 15.9. The van der Waals surface area contributed by atoms with Crippen molar-refractivity contribution in [2.45, 2.75) is 6.61 Å². The predicted octanol–water partition coefficient (Wildman–Crippen LogP) is 7.12. The number of hydrogen-bond donors (Lipinski definition) is 1. The van der Waals surface area contributed by atoms with Gasteiger partial charge in [-0.25, -0.2) is 4.99 Å². The first-order chi connectivity index (χ1) is 15.0. The van der Waals surface area contributed by atoms with Crippen LogP contribution in [0.5, 0.6) is 5.75 Å². The van der Waals surface area contributed by atoms with Crippen molar-refractivity contribution in [2.75, 3.05) is 0 Å². The van der Waals surface area contributed by atoms with Crippen LogP contribution in [0.3, 0.4) is 0 Å². The van der Waals surface area contributed by atoms with E-state index >= 15 is 0 Å². The Balaban J connectivity index is 1.40. The summed E-state index contributed by atoms with van der Waals surface area (Å²) in [7, 11) is 0. The number of rotatable bonds is 5. The van der Waals surface area contributed by atoms with Crippen LogP contribution < -0.4 is 10.1 Å². The number of aliphatic imine (C=N–C) groups is 1. The van der Waals surface area contributed by atoms with Gasteiger partial charge >= 0.3 is 0 Å². The normalized spacial score (nSPS) is 16.0. The number of amides is 1. The number of hydrogen-bond acceptors (Lipinski definition) is 4. The summed E-state index contributed by atoms with van der Waals surface area (Å²) in [6, 6.07) is 19.8. The largest absolute Gasteiger partial charge is 0.489 e. The van der Waals surface area contributed by atoms with Crippen molar-refractivity contribution in [1.29, 1.82) is 0 Å². The molecule has 4 nitrogen and oxygen atoms in total. The Hall–Kier alpha value is -2.44. The Bertz CT molecular complexity index is 1180. The molecule has 1 aliphatic heterocycles. The molecule has 3 aromatic carbocycles. The molecule has 1 aliphatic rings. The first-order valence-corrected chi connectivity index (χ1v) is 11.1. The minimum atomic E-state index is -0.185. The number of ether oxygens (including phenoxy) is 1. The van der Waals surface area contributed by atoms with Gasteiger partial charge in [-0.05, 0) is 71.9 Å². The molecule has 31 heavy (non-hydrogen) atoms. The van der Waals surface area contributed by atoms with Crippen molar-refractivity contribution in [3.8, 4) is 5.75 Å². The fourth-order valence-corrected chi connectivity index (χ4v) is 4.16. The topological polar surface area (TPSA) is 50.7 Å². The highest BCUT2D eigenvalue weighted by Crippen LogP contribution is 2.29. The van der Waals surface area contributed by atoms with E-state index in [1.807, 2.05) is 36.4 Å². The lowest BCUT2D eigenvalue weighted by molar-refractivity contribution is -0.115. The number of benzene rings is 3. The van der Waals surface area contributed by atoms with Crippen LogP contribution in [0, 0.1) is 0 Å². The van der Waals surface area contributed by atoms with E-state index in [9.17, 15) is 4.79 Å². The molecule has 1 saturated heterocycles. The second-order valence-corrected chi connectivity index (χ2v) is 8.86. The summed E-state index contributed by atoms with van der Waals surface area (Å²) >= 11 is 19.3. The molecule has 0 spiro atoms. The van der Waals surface area contributed by atoms with Gasteiger partial charge in [0.15, 0.2) is 5.17 Å². The molecule has 0 atom stereocenters. The summed E-state index contributed by atoms with van der Waals surface area (Å²) in [5.74, 6) is 0.511. The summed E-state index contributed by atoms with van der Waals surface area (Å²) in [6.45, 7) is 0.333. The maximum Gasteiger partial charge on any atom is 0.264 e. The van der Waals surface area contributed by atoms with Crippen LogP contribution in [0.4, 0.5) is 5.69 Å². The van der Waals surface area contributed by atoms with Crippen molar-refractivity contribution in [1.82, 2.24) is 5.32 Å². The summed E-state index contributed by atoms with van der Waals surface area (Å²) in [5.41, 5.74) is 2.45. The van der Waals surface area contributed by atoms with Gasteiger partial charge in [-0.3, -0.25) is 4.79 Å². The van der Waals surface area contributed by atoms with Gasteiger partial charge in [-0.1, -0.05) is 53.0 Å². The number of nitrogens with zero attached hydrogens (tertiary/aromatic N) is 1. The van der Waals surface area contributed by atoms with Gasteiger partial charge in [0.25, 0.3) is 5.91 Å². The lowest BCUT2D eigenvalue weighted by Gasteiger charge is -2.08. The molecule has 156 valence electrons. The number of nitrogens with one attached hydrogen (secondary N) is 1. The van der Waals surface area contributed by atoms with Gasteiger partial charge in [0, 0.05) is 20.6 Å². The number of halogens is 3. The molecule has 0 unspecified atom stereocenters. The van der Waals surface area contributed by atoms with E-state index in [1.54, 1.807) is 36.4 Å². The van der Waals surface area contributed by atoms with Gasteiger partial charge < -0.3 is 10.1 Å². The van der Waals surface area contributed by atoms with Crippen molar-refractivity contribution in [2.24, 2.45) is 4.99 Å². The SMILES string of the molecule is O=C1NC(=Nc2ccc(Cl)cc2)S/C1=C\c1ccc(OCc2ccc(Cl)cc2Cl)cc1. The van der Waals surface area contributed by atoms with E-state index in [4.69, 9.17) is 39.5 Å². The predicted molar refractivity (Wildman–Crippen MR) is 129 cm³/mol. The zero-order valence-corrected chi connectivity index (χ0v) is 19.0. The van der Waals surface area contributed by atoms with Gasteiger partial charge in [0.1, 0.15) is 12.4 Å². The standard InChI is InChI=1S/C23H15Cl3N2O2S/c24-16-5-7-18(8-6-16)27-23-28-22(29)21(31-23)11-14-1-9-19(10-2-14)30-13-15-3-4-17(25)12-20(15)26/h1-12H,13H2,(H,27,28,29)/b21-11-. The quantitative estimate of drug-likeness (QED) is 0.388. The molecule has 1 heterocycles. The van der Waals surface area contributed by atoms with Crippen LogP contribution in [0.1, 0.15) is 11.1 Å². The second-order valence-electron chi connectivity index (χ2n) is 6.55. The number of thioether (sulfide) groups is 1. The lowest BCUT2D eigenvalue weighted by atomic mass is 10.2. The first-order valence-electron chi connectivity index (χ1n) is 9.18. The number of carbonyl (C=O) groups is 1. The third-order valence-electron chi connectivity index (χ3n) is 4.30. The number of amidine groups is 1. The molecule has 0 aliphatic carbocycles. The molecule has 1 amide bonds. The van der Waals surface area contributed by atoms with Crippen LogP contribution in [-0.4, -0.2) is 11.1 Å². The van der Waals surface area contributed by atoms with E-state index in [0.717, 1.165) is 16.8 Å². The van der Waals surface area contributed by atoms with Gasteiger partial charge in [-0.2, -0.15) is 0 Å². The molecular formula is C23H15Cl3N2O2S. The summed E-state index contributed by atoms with van der Waals surface area (Å²) in [6.07, 6.45) is 1.81. The fourth-order valence-electron chi connectivity index (χ4n) is 2.72. The average Bonchev–Trinajstić information content (AvgIpc) is 3.09. The summed E-state index contributed by atoms with van der Waals surface area (Å²) < 4.78 is 5.79. The van der Waals surface area contributed by atoms with Crippen LogP contribution in [0.15, 0.2) is 76.6 Å². The molecule has 0 bridgehead atoms. The summed E-state index contributed by atoms with van der Waals surface area (Å²) in [5, 5.41) is 5.08. The van der Waals surface area contributed by atoms with Crippen molar-refractivity contribution < 1.29 is 9.53 Å². The Morgan fingerprint density at radius 3 is 2.35 bits per heavy atom. The molecule has 0 radical (unpaired) electrons. The first kappa shape index (κ1) is 21.8. The third-order valence-corrected chi connectivity index (χ3v) is 6.04. The van der Waals surface area contributed by atoms with E-state index < -0.39 is 0 Å². The zero-order chi connectivity index (χ0) is 21.8. The maximum absolute atomic E-state index is 12.3. The van der Waals surface area contributed by atoms with Gasteiger partial charge in [-0.15, -0.1) is 0 Å². The van der Waals surface area contributed by atoms with Crippen molar-refractivity contribution in [3.63, 3.8) is 0 Å². The smallest absolute Gasteiger partial charge is 0.264 e. The van der Waals surface area contributed by atoms with Gasteiger partial charge in [0.2, 0.25) is 0 Å². The van der Waals surface area contributed by atoms with Crippen molar-refractivity contribution in [3.05, 3.63) is 97.8 Å². The van der Waals surface area contributed by atoms with Crippen LogP contribution in [-0.2, 0) is 11.4 Å². The Morgan fingerprint density at radius 2 is 1.65 bits per heavy atom. The fraction of sp³-hybridized carbons (Fsp3) is 0.0435. The minimum absolute atomic E-state index is 0.185. The van der Waals surface area contributed by atoms with Crippen LogP contribution in [0.2, 0.25) is 15.1 Å². The molecule has 0 saturated carbocycles. The molecule has 4 rings (SSSR count). The molecule has 8 heteroatoms. The maximum atomic E-state index is 12.3. The highest BCUT2D eigenvalue weighted by atomic mass is 35.5. The average molecular weight is 490 g/mol. The molecule has 3 aromatic rings. The Kier molecular flexibility index (Phi) is 6.88. The summed E-state index contributed by atoms with van der Waals surface area (Å²) in [4.78, 5) is 17.3. The lowest BCUT2D eigenvalue weighted by Crippen LogP contribution is -2.19. The molecule has 1 fully saturated rings. The Morgan fingerprint density at radius 1 is 0.935 bits per heavy atom. The monoisotopic (exact) mass is 488 g/mol. The molecular weight excluding hydrogens is 475 g/mol. The Labute approximate surface area is 198 Å². The number of carbonyl (C=O) groups excluding carboxylic acids is 1. The van der Waals surface area contributed by atoms with E-state index in [-0.39, 0.29) is 5.91 Å². The third kappa shape index (κ3) is 5.83. The van der Waals surface area contributed by atoms with E-state index in [2.05, 4.69) is 10.3 Å². The highest BCUT2D eigenvalue weighted by Gasteiger charge is 2.23. The second kappa shape index (κ2) is 9.79. The van der Waals surface area contributed by atoms with E-state index in [0.29, 0.717) is 37.5 Å². The molecule has 1 N–H and O–H groups in total. The highest BCUT2D eigenvalue weighted by molar-refractivity contribution is 8.18. The van der Waals surface area contributed by atoms with Gasteiger partial charge in [0.05, 0.1) is 10.6 Å².